The zero-order valence-corrected chi connectivity index (χ0v) is 11.4. The molecule has 0 aliphatic heterocycles. The number of halogens is 1. The third-order valence-electron chi connectivity index (χ3n) is 2.41. The van der Waals surface area contributed by atoms with Gasteiger partial charge in [0.05, 0.1) is 11.3 Å². The highest BCUT2D eigenvalue weighted by atomic mass is 19.1. The number of anilines is 1. The average Bonchev–Trinajstić information content (AvgIpc) is 2.28. The van der Waals surface area contributed by atoms with E-state index < -0.39 is 17.4 Å². The molecule has 0 heterocycles. The summed E-state index contributed by atoms with van der Waals surface area (Å²) in [5, 5.41) is 14.9. The first-order valence-corrected chi connectivity index (χ1v) is 5.97. The second kappa shape index (κ2) is 6.49. The second-order valence-electron chi connectivity index (χ2n) is 5.02. The fourth-order valence-corrected chi connectivity index (χ4v) is 1.74. The maximum Gasteiger partial charge on any atom is 0.319 e. The van der Waals surface area contributed by atoms with Crippen molar-refractivity contribution >= 4 is 11.7 Å². The van der Waals surface area contributed by atoms with Crippen LogP contribution in [-0.2, 0) is 0 Å². The van der Waals surface area contributed by atoms with Crippen LogP contribution < -0.4 is 10.6 Å². The highest BCUT2D eigenvalue weighted by Crippen LogP contribution is 2.12. The van der Waals surface area contributed by atoms with Gasteiger partial charge in [-0.3, -0.25) is 0 Å². The van der Waals surface area contributed by atoms with Crippen LogP contribution in [0.1, 0.15) is 6.92 Å². The molecule has 0 radical (unpaired) electrons. The van der Waals surface area contributed by atoms with Gasteiger partial charge in [-0.05, 0) is 33.2 Å². The van der Waals surface area contributed by atoms with Crippen molar-refractivity contribution in [1.82, 2.24) is 10.2 Å². The molecular formula is C13H20FN3O2. The zero-order valence-electron chi connectivity index (χ0n) is 11.4. The summed E-state index contributed by atoms with van der Waals surface area (Å²) in [7, 11) is 3.65. The van der Waals surface area contributed by atoms with Gasteiger partial charge in [-0.25, -0.2) is 9.18 Å². The number of nitrogens with one attached hydrogen (secondary N) is 2. The van der Waals surface area contributed by atoms with E-state index in [1.807, 2.05) is 19.0 Å². The Bertz CT molecular complexity index is 436. The molecule has 0 aromatic heterocycles. The lowest BCUT2D eigenvalue weighted by molar-refractivity contribution is 0.0364. The van der Waals surface area contributed by atoms with Crippen molar-refractivity contribution in [2.75, 3.05) is 32.5 Å². The average molecular weight is 269 g/mol. The molecule has 0 saturated carbocycles. The molecule has 0 fully saturated rings. The Hall–Kier alpha value is -1.66. The number of carbonyl (C=O) groups excluding carboxylic acids is 1. The van der Waals surface area contributed by atoms with Crippen LogP contribution in [0.2, 0.25) is 0 Å². The minimum absolute atomic E-state index is 0.0749. The second-order valence-corrected chi connectivity index (χ2v) is 5.02. The number of aliphatic hydroxyl groups is 1. The largest absolute Gasteiger partial charge is 0.387 e. The van der Waals surface area contributed by atoms with Crippen molar-refractivity contribution in [2.45, 2.75) is 12.5 Å². The highest BCUT2D eigenvalue weighted by Gasteiger charge is 2.22. The molecule has 0 saturated heterocycles. The highest BCUT2D eigenvalue weighted by molar-refractivity contribution is 5.89. The molecule has 0 bridgehead atoms. The lowest BCUT2D eigenvalue weighted by Crippen LogP contribution is -2.48. The van der Waals surface area contributed by atoms with Crippen LogP contribution in [-0.4, -0.2) is 48.8 Å². The Labute approximate surface area is 112 Å². The van der Waals surface area contributed by atoms with Gasteiger partial charge < -0.3 is 20.6 Å². The quantitative estimate of drug-likeness (QED) is 0.754. The predicted octanol–water partition coefficient (Wildman–Crippen LogP) is 1.26. The van der Waals surface area contributed by atoms with Gasteiger partial charge in [0.15, 0.2) is 0 Å². The maximum absolute atomic E-state index is 13.3. The van der Waals surface area contributed by atoms with Crippen molar-refractivity contribution in [1.29, 1.82) is 0 Å². The predicted molar refractivity (Wildman–Crippen MR) is 72.6 cm³/mol. The van der Waals surface area contributed by atoms with E-state index >= 15 is 0 Å². The minimum Gasteiger partial charge on any atom is -0.387 e. The Morgan fingerprint density at radius 1 is 1.42 bits per heavy atom. The molecule has 5 nitrogen and oxygen atoms in total. The van der Waals surface area contributed by atoms with E-state index in [0.29, 0.717) is 6.54 Å². The van der Waals surface area contributed by atoms with Gasteiger partial charge in [0.2, 0.25) is 0 Å². The van der Waals surface area contributed by atoms with E-state index in [1.165, 1.54) is 12.1 Å². The van der Waals surface area contributed by atoms with E-state index in [2.05, 4.69) is 10.6 Å². The molecule has 2 amide bonds. The van der Waals surface area contributed by atoms with Gasteiger partial charge in [0.25, 0.3) is 0 Å². The van der Waals surface area contributed by atoms with E-state index in [0.717, 1.165) is 0 Å². The van der Waals surface area contributed by atoms with Gasteiger partial charge in [-0.2, -0.15) is 0 Å². The summed E-state index contributed by atoms with van der Waals surface area (Å²) in [6, 6.07) is 5.34. The SMILES string of the molecule is CN(C)CC(C)(O)CNC(=O)Nc1ccccc1F. The molecular weight excluding hydrogens is 249 g/mol. The number of nitrogens with zero attached hydrogens (tertiary/aromatic N) is 1. The minimum atomic E-state index is -1.05. The monoisotopic (exact) mass is 269 g/mol. The molecule has 1 unspecified atom stereocenters. The smallest absolute Gasteiger partial charge is 0.319 e. The van der Waals surface area contributed by atoms with Crippen molar-refractivity contribution in [3.63, 3.8) is 0 Å². The standard InChI is InChI=1S/C13H20FN3O2/c1-13(19,9-17(2)3)8-15-12(18)16-11-7-5-4-6-10(11)14/h4-7,19H,8-9H2,1-3H3,(H2,15,16,18). The summed E-state index contributed by atoms with van der Waals surface area (Å²) in [6.45, 7) is 2.11. The number of rotatable bonds is 5. The Morgan fingerprint density at radius 3 is 2.63 bits per heavy atom. The molecule has 0 spiro atoms. The summed E-state index contributed by atoms with van der Waals surface area (Å²) >= 11 is 0. The molecule has 106 valence electrons. The summed E-state index contributed by atoms with van der Waals surface area (Å²) < 4.78 is 13.3. The van der Waals surface area contributed by atoms with Crippen LogP contribution in [0.3, 0.4) is 0 Å². The third kappa shape index (κ3) is 5.67. The Balaban J connectivity index is 2.46. The van der Waals surface area contributed by atoms with Crippen LogP contribution in [0.5, 0.6) is 0 Å². The number of benzene rings is 1. The molecule has 1 atom stereocenters. The summed E-state index contributed by atoms with van der Waals surface area (Å²) in [4.78, 5) is 13.4. The Morgan fingerprint density at radius 2 is 2.05 bits per heavy atom. The topological polar surface area (TPSA) is 64.6 Å². The van der Waals surface area contributed by atoms with Crippen molar-refractivity contribution in [2.24, 2.45) is 0 Å². The fraction of sp³-hybridized carbons (Fsp3) is 0.462. The van der Waals surface area contributed by atoms with Gasteiger partial charge in [0, 0.05) is 13.1 Å². The third-order valence-corrected chi connectivity index (χ3v) is 2.41. The lowest BCUT2D eigenvalue weighted by atomic mass is 10.1. The van der Waals surface area contributed by atoms with E-state index in [1.54, 1.807) is 19.1 Å². The number of likely N-dealkylation sites (N-methyl/N-ethyl adjacent to an activating group) is 1. The van der Waals surface area contributed by atoms with Crippen LogP contribution in [0.4, 0.5) is 14.9 Å². The molecule has 19 heavy (non-hydrogen) atoms. The summed E-state index contributed by atoms with van der Waals surface area (Å²) in [5.41, 5.74) is -0.942. The van der Waals surface area contributed by atoms with Gasteiger partial charge in [-0.15, -0.1) is 0 Å². The van der Waals surface area contributed by atoms with Gasteiger partial charge >= 0.3 is 6.03 Å². The lowest BCUT2D eigenvalue weighted by Gasteiger charge is -2.27. The molecule has 1 aromatic carbocycles. The number of amides is 2. The van der Waals surface area contributed by atoms with Crippen molar-refractivity contribution < 1.29 is 14.3 Å². The van der Waals surface area contributed by atoms with E-state index in [-0.39, 0.29) is 12.2 Å². The van der Waals surface area contributed by atoms with E-state index in [4.69, 9.17) is 0 Å². The maximum atomic E-state index is 13.3. The van der Waals surface area contributed by atoms with Crippen molar-refractivity contribution in [3.05, 3.63) is 30.1 Å². The van der Waals surface area contributed by atoms with Crippen LogP contribution >= 0.6 is 0 Å². The molecule has 6 heteroatoms. The number of para-hydroxylation sites is 1. The first-order chi connectivity index (χ1) is 8.80. The van der Waals surface area contributed by atoms with Gasteiger partial charge in [-0.1, -0.05) is 12.1 Å². The van der Waals surface area contributed by atoms with Crippen molar-refractivity contribution in [3.8, 4) is 0 Å². The van der Waals surface area contributed by atoms with Gasteiger partial charge in [0.1, 0.15) is 5.82 Å². The first kappa shape index (κ1) is 15.4. The molecule has 0 aliphatic carbocycles. The van der Waals surface area contributed by atoms with Crippen LogP contribution in [0.15, 0.2) is 24.3 Å². The number of carbonyl (C=O) groups is 1. The normalized spacial score (nSPS) is 14.0. The number of hydrogen-bond donors (Lipinski definition) is 3. The summed E-state index contributed by atoms with van der Waals surface area (Å²) in [6.07, 6.45) is 0. The number of urea groups is 1. The molecule has 0 aliphatic rings. The zero-order chi connectivity index (χ0) is 14.5. The molecule has 1 aromatic rings. The van der Waals surface area contributed by atoms with Crippen LogP contribution in [0, 0.1) is 5.82 Å². The first-order valence-electron chi connectivity index (χ1n) is 5.97. The number of hydrogen-bond acceptors (Lipinski definition) is 3. The van der Waals surface area contributed by atoms with E-state index in [9.17, 15) is 14.3 Å². The Kier molecular flexibility index (Phi) is 5.26. The molecule has 1 rings (SSSR count). The molecule has 3 N–H and O–H groups in total. The fourth-order valence-electron chi connectivity index (χ4n) is 1.74. The van der Waals surface area contributed by atoms with Crippen LogP contribution in [0.25, 0.3) is 0 Å². The summed E-state index contributed by atoms with van der Waals surface area (Å²) in [5.74, 6) is -0.502.